The van der Waals surface area contributed by atoms with Gasteiger partial charge in [-0.05, 0) is 25.3 Å². The first-order valence-electron chi connectivity index (χ1n) is 9.35. The van der Waals surface area contributed by atoms with Crippen LogP contribution in [0.4, 0.5) is 13.2 Å². The molecule has 0 bridgehead atoms. The summed E-state index contributed by atoms with van der Waals surface area (Å²) in [4.78, 5) is 4.26. The summed E-state index contributed by atoms with van der Waals surface area (Å²) in [6.07, 6.45) is 0.219. The number of nitrogens with one attached hydrogen (secondary N) is 2. The summed E-state index contributed by atoms with van der Waals surface area (Å²) in [5.41, 5.74) is 0.627. The Morgan fingerprint density at radius 3 is 2.78 bits per heavy atom. The first-order valence-corrected chi connectivity index (χ1v) is 9.35. The van der Waals surface area contributed by atoms with Crippen molar-refractivity contribution in [2.75, 3.05) is 13.7 Å². The van der Waals surface area contributed by atoms with Crippen LogP contribution in [0, 0.1) is 11.3 Å². The van der Waals surface area contributed by atoms with Gasteiger partial charge in [0.25, 0.3) is 0 Å². The molecule has 148 valence electrons. The zero-order chi connectivity index (χ0) is 19.1. The largest absolute Gasteiger partial charge is 0.573 e. The van der Waals surface area contributed by atoms with E-state index in [9.17, 15) is 13.2 Å². The lowest BCUT2D eigenvalue weighted by Gasteiger charge is -2.63. The Labute approximate surface area is 156 Å². The van der Waals surface area contributed by atoms with Crippen LogP contribution in [-0.4, -0.2) is 38.1 Å². The average molecular weight is 383 g/mol. The maximum absolute atomic E-state index is 12.6. The highest BCUT2D eigenvalue weighted by atomic mass is 19.4. The number of nitrogens with zero attached hydrogens (tertiary/aromatic N) is 1. The number of hydrogen-bond donors (Lipinski definition) is 2. The van der Waals surface area contributed by atoms with Crippen LogP contribution < -0.4 is 15.4 Å². The van der Waals surface area contributed by atoms with Crippen molar-refractivity contribution in [2.24, 2.45) is 16.3 Å². The van der Waals surface area contributed by atoms with E-state index in [0.29, 0.717) is 29.6 Å². The fourth-order valence-corrected chi connectivity index (χ4v) is 4.85. The molecule has 0 radical (unpaired) electrons. The number of aliphatic imine (C=N–C) groups is 1. The van der Waals surface area contributed by atoms with Crippen LogP contribution in [0.3, 0.4) is 0 Å². The normalized spacial score (nSPS) is 28.9. The lowest BCUT2D eigenvalue weighted by Crippen LogP contribution is -2.72. The summed E-state index contributed by atoms with van der Waals surface area (Å²) >= 11 is 0. The second kappa shape index (κ2) is 6.89. The lowest BCUT2D eigenvalue weighted by molar-refractivity contribution is -0.274. The third kappa shape index (κ3) is 3.35. The lowest BCUT2D eigenvalue weighted by atomic mass is 9.46. The van der Waals surface area contributed by atoms with Crippen LogP contribution >= 0.6 is 0 Å². The van der Waals surface area contributed by atoms with E-state index in [4.69, 9.17) is 4.74 Å². The predicted octanol–water partition coefficient (Wildman–Crippen LogP) is 3.21. The zero-order valence-corrected chi connectivity index (χ0v) is 15.2. The summed E-state index contributed by atoms with van der Waals surface area (Å²) in [7, 11) is 1.67. The number of hydrogen-bond acceptors (Lipinski definition) is 3. The van der Waals surface area contributed by atoms with Crippen molar-refractivity contribution in [1.29, 1.82) is 0 Å². The van der Waals surface area contributed by atoms with Gasteiger partial charge in [0.1, 0.15) is 5.75 Å². The van der Waals surface area contributed by atoms with Crippen molar-refractivity contribution < 1.29 is 22.6 Å². The van der Waals surface area contributed by atoms with Crippen molar-refractivity contribution >= 4 is 5.96 Å². The minimum atomic E-state index is -4.71. The third-order valence-electron chi connectivity index (χ3n) is 6.20. The fourth-order valence-electron chi connectivity index (χ4n) is 4.85. The second-order valence-corrected chi connectivity index (χ2v) is 7.53. The fraction of sp³-hybridized carbons (Fsp3) is 0.632. The number of ether oxygens (including phenoxy) is 2. The highest BCUT2D eigenvalue weighted by molar-refractivity contribution is 5.80. The van der Waals surface area contributed by atoms with Gasteiger partial charge >= 0.3 is 6.36 Å². The second-order valence-electron chi connectivity index (χ2n) is 7.53. The van der Waals surface area contributed by atoms with Crippen molar-refractivity contribution in [3.63, 3.8) is 0 Å². The van der Waals surface area contributed by atoms with Crippen molar-refractivity contribution in [3.05, 3.63) is 29.8 Å². The first-order chi connectivity index (χ1) is 12.9. The van der Waals surface area contributed by atoms with Gasteiger partial charge in [0.2, 0.25) is 0 Å². The van der Waals surface area contributed by atoms with E-state index >= 15 is 0 Å². The molecule has 8 heteroatoms. The van der Waals surface area contributed by atoms with Gasteiger partial charge in [-0.25, -0.2) is 0 Å². The Hall–Kier alpha value is -1.96. The van der Waals surface area contributed by atoms with Gasteiger partial charge in [-0.2, -0.15) is 0 Å². The molecule has 0 amide bonds. The first kappa shape index (κ1) is 18.4. The molecule has 1 aliphatic heterocycles. The Morgan fingerprint density at radius 2 is 2.11 bits per heavy atom. The predicted molar refractivity (Wildman–Crippen MR) is 94.4 cm³/mol. The van der Waals surface area contributed by atoms with E-state index < -0.39 is 6.36 Å². The molecule has 1 heterocycles. The molecule has 2 saturated carbocycles. The molecule has 1 saturated heterocycles. The maximum atomic E-state index is 12.6. The molecule has 27 heavy (non-hydrogen) atoms. The summed E-state index contributed by atoms with van der Waals surface area (Å²) in [5, 5.41) is 6.63. The average Bonchev–Trinajstić information content (AvgIpc) is 2.98. The van der Waals surface area contributed by atoms with Gasteiger partial charge in [0, 0.05) is 43.1 Å². The Balaban J connectivity index is 1.39. The van der Waals surface area contributed by atoms with E-state index in [2.05, 4.69) is 20.4 Å². The van der Waals surface area contributed by atoms with E-state index in [-0.39, 0.29) is 17.7 Å². The van der Waals surface area contributed by atoms with E-state index in [0.717, 1.165) is 25.9 Å². The number of alkyl halides is 3. The highest BCUT2D eigenvalue weighted by Gasteiger charge is 2.66. The molecular formula is C19H24F3N3O2. The number of rotatable bonds is 4. The molecule has 1 spiro atoms. The standard InChI is InChI=1S/C19H24F3N3O2/c1-23-17(24-11-12-5-2-3-6-14(12)27-19(20,21)22)25-15-13-7-10-26-16(13)18(15)8-4-9-18/h2-3,5-6,13,15-16H,4,7-11H2,1H3,(H2,23,24,25). The number of para-hydroxylation sites is 1. The smallest absolute Gasteiger partial charge is 0.405 e. The molecule has 3 unspecified atom stereocenters. The molecular weight excluding hydrogens is 359 g/mol. The number of halogens is 3. The third-order valence-corrected chi connectivity index (χ3v) is 6.20. The molecule has 4 rings (SSSR count). The van der Waals surface area contributed by atoms with Crippen LogP contribution in [0.25, 0.3) is 0 Å². The Bertz CT molecular complexity index is 718. The van der Waals surface area contributed by atoms with Gasteiger partial charge in [-0.1, -0.05) is 24.6 Å². The summed E-state index contributed by atoms with van der Waals surface area (Å²) in [5.74, 6) is 0.888. The summed E-state index contributed by atoms with van der Waals surface area (Å²) in [6, 6.07) is 6.44. The molecule has 5 nitrogen and oxygen atoms in total. The Morgan fingerprint density at radius 1 is 1.33 bits per heavy atom. The van der Waals surface area contributed by atoms with Crippen LogP contribution in [-0.2, 0) is 11.3 Å². The summed E-state index contributed by atoms with van der Waals surface area (Å²) in [6.45, 7) is 1.000. The van der Waals surface area contributed by atoms with Gasteiger partial charge in [-0.3, -0.25) is 4.99 Å². The molecule has 1 aromatic carbocycles. The monoisotopic (exact) mass is 383 g/mol. The minimum Gasteiger partial charge on any atom is -0.405 e. The van der Waals surface area contributed by atoms with Crippen LogP contribution in [0.5, 0.6) is 5.75 Å². The number of guanidine groups is 1. The molecule has 0 aromatic heterocycles. The van der Waals surface area contributed by atoms with Gasteiger partial charge in [0.15, 0.2) is 5.96 Å². The van der Waals surface area contributed by atoms with E-state index in [1.165, 1.54) is 18.6 Å². The SMILES string of the molecule is CN=C(NCc1ccccc1OC(F)(F)F)NC1C2CCOC2C12CCC2. The molecule has 2 N–H and O–H groups in total. The number of fused-ring (bicyclic) bond motifs is 2. The van der Waals surface area contributed by atoms with Crippen molar-refractivity contribution in [3.8, 4) is 5.75 Å². The van der Waals surface area contributed by atoms with Gasteiger partial charge in [0.05, 0.1) is 6.10 Å². The summed E-state index contributed by atoms with van der Waals surface area (Å²) < 4.78 is 47.8. The van der Waals surface area contributed by atoms with Crippen LogP contribution in [0.15, 0.2) is 29.3 Å². The quantitative estimate of drug-likeness (QED) is 0.619. The highest BCUT2D eigenvalue weighted by Crippen LogP contribution is 2.62. The molecule has 3 atom stereocenters. The van der Waals surface area contributed by atoms with Crippen LogP contribution in [0.2, 0.25) is 0 Å². The number of benzene rings is 1. The molecule has 2 aliphatic carbocycles. The van der Waals surface area contributed by atoms with E-state index in [1.54, 1.807) is 19.2 Å². The zero-order valence-electron chi connectivity index (χ0n) is 15.2. The molecule has 3 fully saturated rings. The van der Waals surface area contributed by atoms with Crippen LogP contribution in [0.1, 0.15) is 31.2 Å². The maximum Gasteiger partial charge on any atom is 0.573 e. The van der Waals surface area contributed by atoms with E-state index in [1.807, 2.05) is 0 Å². The Kier molecular flexibility index (Phi) is 4.70. The topological polar surface area (TPSA) is 54.9 Å². The minimum absolute atomic E-state index is 0.191. The van der Waals surface area contributed by atoms with Gasteiger partial charge < -0.3 is 20.1 Å². The van der Waals surface area contributed by atoms with Crippen molar-refractivity contribution in [1.82, 2.24) is 10.6 Å². The molecule has 1 aromatic rings. The van der Waals surface area contributed by atoms with Crippen molar-refractivity contribution in [2.45, 2.75) is 50.7 Å². The molecule has 3 aliphatic rings. The van der Waals surface area contributed by atoms with Gasteiger partial charge in [-0.15, -0.1) is 13.2 Å².